The van der Waals surface area contributed by atoms with Crippen molar-refractivity contribution in [3.05, 3.63) is 47.5 Å². The molecule has 1 aromatic carbocycles. The predicted octanol–water partition coefficient (Wildman–Crippen LogP) is 2.29. The highest BCUT2D eigenvalue weighted by molar-refractivity contribution is 6.43. The maximum atomic E-state index is 13.8. The van der Waals surface area contributed by atoms with Gasteiger partial charge in [0.1, 0.15) is 18.2 Å². The molecule has 1 aromatic rings. The Hall–Kier alpha value is -3.01. The first-order valence-corrected chi connectivity index (χ1v) is 12.8. The number of amides is 2. The summed E-state index contributed by atoms with van der Waals surface area (Å²) in [6.07, 6.45) is 2.55. The molecule has 2 aliphatic heterocycles. The summed E-state index contributed by atoms with van der Waals surface area (Å²) >= 11 is 0. The van der Waals surface area contributed by atoms with Crippen molar-refractivity contribution >= 4 is 19.1 Å². The Bertz CT molecular complexity index is 1050. The summed E-state index contributed by atoms with van der Waals surface area (Å²) in [5.74, 6) is -4.33. The highest BCUT2D eigenvalue weighted by atomic mass is 19.3. The molecular formula is C26H35BF2N4O5. The minimum atomic E-state index is -2.80. The van der Waals surface area contributed by atoms with Gasteiger partial charge in [-0.05, 0) is 51.2 Å². The summed E-state index contributed by atoms with van der Waals surface area (Å²) in [7, 11) is -1.81. The molecule has 1 unspecified atom stereocenters. The smallest absolute Gasteiger partial charge is 0.447 e. The molecule has 12 heteroatoms. The lowest BCUT2D eigenvalue weighted by molar-refractivity contribution is -0.131. The van der Waals surface area contributed by atoms with Crippen LogP contribution in [0.4, 0.5) is 13.6 Å². The number of ether oxygens (including phenoxy) is 1. The number of carbonyl (C=O) groups is 2. The Kier molecular flexibility index (Phi) is 9.87. The fourth-order valence-corrected chi connectivity index (χ4v) is 4.87. The topological polar surface area (TPSA) is 126 Å². The maximum absolute atomic E-state index is 13.8. The Morgan fingerprint density at radius 2 is 2.00 bits per heavy atom. The third-order valence-corrected chi connectivity index (χ3v) is 7.09. The number of nitrogens with one attached hydrogen (secondary N) is 1. The van der Waals surface area contributed by atoms with Gasteiger partial charge in [0.15, 0.2) is 0 Å². The maximum Gasteiger partial charge on any atom is 0.475 e. The number of halogens is 2. The van der Waals surface area contributed by atoms with Gasteiger partial charge in [-0.1, -0.05) is 30.3 Å². The number of piperidine rings is 1. The normalized spacial score (nSPS) is 20.9. The van der Waals surface area contributed by atoms with Crippen LogP contribution in [0.1, 0.15) is 45.1 Å². The van der Waals surface area contributed by atoms with Crippen molar-refractivity contribution in [3.8, 4) is 6.07 Å². The number of hydrogen-bond donors (Lipinski definition) is 3. The molecule has 0 saturated carbocycles. The van der Waals surface area contributed by atoms with Crippen molar-refractivity contribution < 1.29 is 33.2 Å². The van der Waals surface area contributed by atoms with Crippen LogP contribution < -0.4 is 5.32 Å². The lowest BCUT2D eigenvalue weighted by Gasteiger charge is -2.36. The van der Waals surface area contributed by atoms with Crippen LogP contribution in [-0.4, -0.2) is 88.7 Å². The number of nitriles is 1. The van der Waals surface area contributed by atoms with Crippen molar-refractivity contribution in [2.24, 2.45) is 0 Å². The minimum Gasteiger partial charge on any atom is -0.447 e. The quantitative estimate of drug-likeness (QED) is 0.253. The summed E-state index contributed by atoms with van der Waals surface area (Å²) in [6.45, 7) is 3.33. The molecule has 0 radical (unpaired) electrons. The van der Waals surface area contributed by atoms with Gasteiger partial charge in [0.25, 0.3) is 11.8 Å². The molecular weight excluding hydrogens is 497 g/mol. The van der Waals surface area contributed by atoms with Crippen LogP contribution in [0.15, 0.2) is 42.0 Å². The number of rotatable bonds is 9. The molecule has 2 aliphatic rings. The van der Waals surface area contributed by atoms with Gasteiger partial charge in [-0.3, -0.25) is 9.69 Å². The highest BCUT2D eigenvalue weighted by Gasteiger charge is 2.43. The van der Waals surface area contributed by atoms with Crippen LogP contribution in [0.3, 0.4) is 0 Å². The fraction of sp³-hybridized carbons (Fsp3) is 0.577. The number of likely N-dealkylation sites (tertiary alicyclic amines) is 2. The Labute approximate surface area is 222 Å². The second-order valence-corrected chi connectivity index (χ2v) is 10.5. The van der Waals surface area contributed by atoms with E-state index in [1.165, 1.54) is 11.0 Å². The van der Waals surface area contributed by atoms with Gasteiger partial charge < -0.3 is 25.0 Å². The molecule has 2 atom stereocenters. The molecule has 3 N–H and O–H groups in total. The number of alkyl carbamates (subject to hydrolysis) is 1. The standard InChI is InChI=1S/C26H35BF2N4O5/c1-25(2,32-13-11-26(28,29)18-32)15-20(16-30)23(34)33-12-7-6-10-21(33)17-38-24(35)31-22(27(36)37)14-19-8-4-3-5-9-19/h3-5,8-9,15,21-22,36-37H,6-7,10-14,17-18H2,1-2H3,(H,31,35)/t21?,22-/m0/s1. The second kappa shape index (κ2) is 12.7. The van der Waals surface area contributed by atoms with E-state index in [0.717, 1.165) is 12.0 Å². The van der Waals surface area contributed by atoms with Gasteiger partial charge in [-0.2, -0.15) is 5.26 Å². The molecule has 206 valence electrons. The van der Waals surface area contributed by atoms with Crippen LogP contribution in [0.5, 0.6) is 0 Å². The van der Waals surface area contributed by atoms with E-state index in [1.54, 1.807) is 43.0 Å². The monoisotopic (exact) mass is 532 g/mol. The van der Waals surface area contributed by atoms with Crippen LogP contribution >= 0.6 is 0 Å². The number of alkyl halides is 2. The van der Waals surface area contributed by atoms with Crippen molar-refractivity contribution in [1.82, 2.24) is 15.1 Å². The number of hydrogen-bond acceptors (Lipinski definition) is 7. The third-order valence-electron chi connectivity index (χ3n) is 7.09. The Balaban J connectivity index is 1.63. The molecule has 0 aromatic heterocycles. The third kappa shape index (κ3) is 8.00. The molecule has 2 heterocycles. The molecule has 2 fully saturated rings. The van der Waals surface area contributed by atoms with E-state index in [-0.39, 0.29) is 31.6 Å². The van der Waals surface area contributed by atoms with E-state index in [4.69, 9.17) is 4.74 Å². The molecule has 0 spiro atoms. The predicted molar refractivity (Wildman–Crippen MR) is 137 cm³/mol. The van der Waals surface area contributed by atoms with Crippen LogP contribution in [0.2, 0.25) is 0 Å². The number of nitrogens with zero attached hydrogens (tertiary/aromatic N) is 3. The average molecular weight is 532 g/mol. The number of carbonyl (C=O) groups excluding carboxylic acids is 2. The highest BCUT2D eigenvalue weighted by Crippen LogP contribution is 2.33. The molecule has 0 aliphatic carbocycles. The van der Waals surface area contributed by atoms with Crippen molar-refractivity contribution in [3.63, 3.8) is 0 Å². The van der Waals surface area contributed by atoms with Crippen molar-refractivity contribution in [2.45, 2.75) is 69.4 Å². The molecule has 9 nitrogen and oxygen atoms in total. The van der Waals surface area contributed by atoms with Gasteiger partial charge in [0, 0.05) is 25.0 Å². The summed E-state index contributed by atoms with van der Waals surface area (Å²) < 4.78 is 32.8. The zero-order chi connectivity index (χ0) is 27.9. The van der Waals surface area contributed by atoms with Gasteiger partial charge in [-0.25, -0.2) is 13.6 Å². The summed E-state index contributed by atoms with van der Waals surface area (Å²) in [4.78, 5) is 28.8. The van der Waals surface area contributed by atoms with Crippen LogP contribution in [-0.2, 0) is 16.0 Å². The molecule has 2 saturated heterocycles. The Morgan fingerprint density at radius 1 is 1.29 bits per heavy atom. The van der Waals surface area contributed by atoms with E-state index in [1.807, 2.05) is 12.1 Å². The van der Waals surface area contributed by atoms with Crippen molar-refractivity contribution in [1.29, 1.82) is 5.26 Å². The van der Waals surface area contributed by atoms with E-state index in [9.17, 15) is 33.7 Å². The van der Waals surface area contributed by atoms with E-state index in [2.05, 4.69) is 5.32 Å². The summed E-state index contributed by atoms with van der Waals surface area (Å²) in [5, 5.41) is 31.6. The summed E-state index contributed by atoms with van der Waals surface area (Å²) in [5.41, 5.74) is -0.277. The molecule has 38 heavy (non-hydrogen) atoms. The SMILES string of the molecule is CC(C)(C=C(C#N)C(=O)N1CCCCC1COC(=O)N[C@@H](Cc1ccccc1)B(O)O)N1CCC(F)(F)C1. The number of benzene rings is 1. The first-order valence-electron chi connectivity index (χ1n) is 12.8. The van der Waals surface area contributed by atoms with E-state index in [0.29, 0.717) is 19.4 Å². The van der Waals surface area contributed by atoms with Crippen LogP contribution in [0.25, 0.3) is 0 Å². The lowest BCUT2D eigenvalue weighted by atomic mass is 9.76. The van der Waals surface area contributed by atoms with Crippen molar-refractivity contribution in [2.75, 3.05) is 26.2 Å². The largest absolute Gasteiger partial charge is 0.475 e. The summed E-state index contributed by atoms with van der Waals surface area (Å²) in [6, 6.07) is 10.5. The zero-order valence-electron chi connectivity index (χ0n) is 21.8. The fourth-order valence-electron chi connectivity index (χ4n) is 4.87. The first-order chi connectivity index (χ1) is 17.9. The molecule has 2 amide bonds. The zero-order valence-corrected chi connectivity index (χ0v) is 21.8. The minimum absolute atomic E-state index is 0.141. The van der Waals surface area contributed by atoms with Gasteiger partial charge >= 0.3 is 13.2 Å². The van der Waals surface area contributed by atoms with Gasteiger partial charge in [0.05, 0.1) is 18.5 Å². The Morgan fingerprint density at radius 3 is 2.61 bits per heavy atom. The molecule has 3 rings (SSSR count). The van der Waals surface area contributed by atoms with E-state index < -0.39 is 49.1 Å². The second-order valence-electron chi connectivity index (χ2n) is 10.5. The van der Waals surface area contributed by atoms with Gasteiger partial charge in [-0.15, -0.1) is 0 Å². The lowest BCUT2D eigenvalue weighted by Crippen LogP contribution is -2.50. The average Bonchev–Trinajstić information content (AvgIpc) is 3.26. The van der Waals surface area contributed by atoms with Crippen LogP contribution in [0, 0.1) is 11.3 Å². The van der Waals surface area contributed by atoms with Gasteiger partial charge in [0.2, 0.25) is 0 Å². The first kappa shape index (κ1) is 29.5. The molecule has 0 bridgehead atoms. The van der Waals surface area contributed by atoms with E-state index >= 15 is 0 Å².